The third kappa shape index (κ3) is 4.29. The van der Waals surface area contributed by atoms with Gasteiger partial charge in [0.1, 0.15) is 0 Å². The third-order valence-electron chi connectivity index (χ3n) is 3.56. The van der Waals surface area contributed by atoms with Crippen LogP contribution >= 0.6 is 0 Å². The minimum atomic E-state index is -0.856. The minimum Gasteiger partial charge on any atom is -0.389 e. The van der Waals surface area contributed by atoms with Gasteiger partial charge in [0.2, 0.25) is 11.8 Å². The Morgan fingerprint density at radius 1 is 1.06 bits per heavy atom. The molecule has 0 atom stereocenters. The van der Waals surface area contributed by atoms with Crippen LogP contribution in [0.2, 0.25) is 0 Å². The molecule has 1 fully saturated rings. The second kappa shape index (κ2) is 6.18. The van der Waals surface area contributed by atoms with Crippen LogP contribution in [0.15, 0.2) is 0 Å². The molecule has 5 nitrogen and oxygen atoms in total. The maximum atomic E-state index is 12.0. The summed E-state index contributed by atoms with van der Waals surface area (Å²) in [7, 11) is 4.93. The molecule has 1 N–H and O–H groups in total. The molecule has 18 heavy (non-hydrogen) atoms. The molecule has 2 amide bonds. The van der Waals surface area contributed by atoms with Crippen molar-refractivity contribution >= 4 is 11.8 Å². The van der Waals surface area contributed by atoms with Crippen molar-refractivity contribution in [1.82, 2.24) is 9.80 Å². The van der Waals surface area contributed by atoms with E-state index in [1.54, 1.807) is 21.1 Å². The number of rotatable bonds is 4. The fourth-order valence-electron chi connectivity index (χ4n) is 2.24. The maximum Gasteiger partial charge on any atom is 0.241 e. The quantitative estimate of drug-likeness (QED) is 0.802. The molecule has 0 saturated heterocycles. The Morgan fingerprint density at radius 2 is 1.61 bits per heavy atom. The topological polar surface area (TPSA) is 60.9 Å². The number of nitrogens with zero attached hydrogens (tertiary/aromatic N) is 2. The van der Waals surface area contributed by atoms with Gasteiger partial charge in [-0.05, 0) is 12.8 Å². The van der Waals surface area contributed by atoms with E-state index < -0.39 is 5.60 Å². The van der Waals surface area contributed by atoms with E-state index in [-0.39, 0.29) is 24.8 Å². The van der Waals surface area contributed by atoms with Gasteiger partial charge in [0, 0.05) is 21.1 Å². The van der Waals surface area contributed by atoms with Crippen LogP contribution in [0.3, 0.4) is 0 Å². The second-order valence-corrected chi connectivity index (χ2v) is 5.50. The first-order valence-corrected chi connectivity index (χ1v) is 6.50. The molecular formula is C13H24N2O3. The summed E-state index contributed by atoms with van der Waals surface area (Å²) in [5.74, 6) is -0.268. The van der Waals surface area contributed by atoms with Crippen LogP contribution in [0.25, 0.3) is 0 Å². The van der Waals surface area contributed by atoms with Gasteiger partial charge in [0.05, 0.1) is 18.6 Å². The van der Waals surface area contributed by atoms with Crippen molar-refractivity contribution in [2.24, 2.45) is 0 Å². The van der Waals surface area contributed by atoms with Crippen LogP contribution in [0.5, 0.6) is 0 Å². The first-order valence-electron chi connectivity index (χ1n) is 6.50. The normalized spacial score (nSPS) is 18.2. The number of hydrogen-bond acceptors (Lipinski definition) is 3. The summed E-state index contributed by atoms with van der Waals surface area (Å²) in [6.45, 7) is 0.0713. The summed E-state index contributed by atoms with van der Waals surface area (Å²) < 4.78 is 0. The van der Waals surface area contributed by atoms with E-state index in [1.807, 2.05) is 0 Å². The summed E-state index contributed by atoms with van der Waals surface area (Å²) in [6.07, 6.45) is 4.59. The molecule has 0 aromatic rings. The Kier molecular flexibility index (Phi) is 5.14. The Balaban J connectivity index is 2.46. The lowest BCUT2D eigenvalue weighted by Crippen LogP contribution is -2.42. The van der Waals surface area contributed by atoms with Gasteiger partial charge in [0.15, 0.2) is 0 Å². The van der Waals surface area contributed by atoms with Gasteiger partial charge in [-0.25, -0.2) is 0 Å². The molecular weight excluding hydrogens is 232 g/mol. The maximum absolute atomic E-state index is 12.0. The molecule has 0 aromatic carbocycles. The average molecular weight is 256 g/mol. The van der Waals surface area contributed by atoms with Crippen LogP contribution in [0, 0.1) is 0 Å². The highest BCUT2D eigenvalue weighted by Gasteiger charge is 2.33. The number of hydrogen-bond donors (Lipinski definition) is 1. The SMILES string of the molecule is CN(C)C(=O)CN(C)C(=O)CC1(O)CCCCC1. The van der Waals surface area contributed by atoms with Crippen molar-refractivity contribution in [3.05, 3.63) is 0 Å². The van der Waals surface area contributed by atoms with Crippen LogP contribution in [0.4, 0.5) is 0 Å². The number of likely N-dealkylation sites (N-methyl/N-ethyl adjacent to an activating group) is 2. The molecule has 5 heteroatoms. The number of aliphatic hydroxyl groups is 1. The highest BCUT2D eigenvalue weighted by atomic mass is 16.3. The molecule has 0 spiro atoms. The van der Waals surface area contributed by atoms with E-state index in [4.69, 9.17) is 0 Å². The van der Waals surface area contributed by atoms with Crippen molar-refractivity contribution in [3.8, 4) is 0 Å². The van der Waals surface area contributed by atoms with Gasteiger partial charge in [0.25, 0.3) is 0 Å². The third-order valence-corrected chi connectivity index (χ3v) is 3.56. The predicted octanol–water partition coefficient (Wildman–Crippen LogP) is 0.618. The summed E-state index contributed by atoms with van der Waals surface area (Å²) >= 11 is 0. The fourth-order valence-corrected chi connectivity index (χ4v) is 2.24. The molecule has 1 aliphatic rings. The average Bonchev–Trinajstić information content (AvgIpc) is 2.28. The number of carbonyl (C=O) groups excluding carboxylic acids is 2. The smallest absolute Gasteiger partial charge is 0.241 e. The molecule has 0 aliphatic heterocycles. The van der Waals surface area contributed by atoms with Crippen molar-refractivity contribution in [2.45, 2.75) is 44.1 Å². The Labute approximate surface area is 109 Å². The summed E-state index contributed by atoms with van der Waals surface area (Å²) in [5.41, 5.74) is -0.856. The Hall–Kier alpha value is -1.10. The molecule has 0 unspecified atom stereocenters. The van der Waals surface area contributed by atoms with Gasteiger partial charge < -0.3 is 14.9 Å². The van der Waals surface area contributed by atoms with Crippen LogP contribution in [-0.4, -0.2) is 60.0 Å². The molecule has 1 aliphatic carbocycles. The lowest BCUT2D eigenvalue weighted by Gasteiger charge is -2.32. The van der Waals surface area contributed by atoms with E-state index in [0.29, 0.717) is 12.8 Å². The first-order chi connectivity index (χ1) is 8.34. The largest absolute Gasteiger partial charge is 0.389 e. The van der Waals surface area contributed by atoms with Crippen LogP contribution in [0.1, 0.15) is 38.5 Å². The van der Waals surface area contributed by atoms with E-state index >= 15 is 0 Å². The predicted molar refractivity (Wildman–Crippen MR) is 69.0 cm³/mol. The van der Waals surface area contributed by atoms with Gasteiger partial charge in [-0.3, -0.25) is 9.59 Å². The second-order valence-electron chi connectivity index (χ2n) is 5.50. The fraction of sp³-hybridized carbons (Fsp3) is 0.846. The lowest BCUT2D eigenvalue weighted by atomic mass is 9.82. The van der Waals surface area contributed by atoms with E-state index in [0.717, 1.165) is 19.3 Å². The van der Waals surface area contributed by atoms with Crippen molar-refractivity contribution in [3.63, 3.8) is 0 Å². The van der Waals surface area contributed by atoms with Gasteiger partial charge in [-0.15, -0.1) is 0 Å². The van der Waals surface area contributed by atoms with Gasteiger partial charge in [-0.2, -0.15) is 0 Å². The molecule has 1 rings (SSSR count). The molecule has 1 saturated carbocycles. The monoisotopic (exact) mass is 256 g/mol. The lowest BCUT2D eigenvalue weighted by molar-refractivity contribution is -0.142. The minimum absolute atomic E-state index is 0.0713. The van der Waals surface area contributed by atoms with E-state index in [2.05, 4.69) is 0 Å². The molecule has 0 radical (unpaired) electrons. The zero-order chi connectivity index (χ0) is 13.8. The molecule has 104 valence electrons. The van der Waals surface area contributed by atoms with Crippen molar-refractivity contribution in [2.75, 3.05) is 27.7 Å². The molecule has 0 heterocycles. The van der Waals surface area contributed by atoms with Gasteiger partial charge in [-0.1, -0.05) is 19.3 Å². The summed E-state index contributed by atoms with van der Waals surface area (Å²) in [5, 5.41) is 10.3. The van der Waals surface area contributed by atoms with Crippen molar-refractivity contribution < 1.29 is 14.7 Å². The van der Waals surface area contributed by atoms with E-state index in [9.17, 15) is 14.7 Å². The van der Waals surface area contributed by atoms with Gasteiger partial charge >= 0.3 is 0 Å². The highest BCUT2D eigenvalue weighted by Crippen LogP contribution is 2.31. The van der Waals surface area contributed by atoms with Crippen molar-refractivity contribution in [1.29, 1.82) is 0 Å². The molecule has 0 aromatic heterocycles. The highest BCUT2D eigenvalue weighted by molar-refractivity contribution is 5.84. The van der Waals surface area contributed by atoms with Crippen LogP contribution < -0.4 is 0 Å². The zero-order valence-corrected chi connectivity index (χ0v) is 11.6. The summed E-state index contributed by atoms with van der Waals surface area (Å²) in [4.78, 5) is 26.3. The standard InChI is InChI=1S/C13H24N2O3/c1-14(2)12(17)10-15(3)11(16)9-13(18)7-5-4-6-8-13/h18H,4-10H2,1-3H3. The van der Waals surface area contributed by atoms with Crippen LogP contribution in [-0.2, 0) is 9.59 Å². The Morgan fingerprint density at radius 3 is 2.11 bits per heavy atom. The number of amides is 2. The first kappa shape index (κ1) is 15.0. The van der Waals surface area contributed by atoms with E-state index in [1.165, 1.54) is 9.80 Å². The summed E-state index contributed by atoms with van der Waals surface area (Å²) in [6, 6.07) is 0. The zero-order valence-electron chi connectivity index (χ0n) is 11.6. The number of carbonyl (C=O) groups is 2. The Bertz CT molecular complexity index is 309. The molecule has 0 bridgehead atoms.